The van der Waals surface area contributed by atoms with Crippen molar-refractivity contribution >= 4 is 6.03 Å². The molecular formula is C13H15F3N2O2. The molecule has 1 aromatic rings. The molecule has 1 aliphatic rings. The van der Waals surface area contributed by atoms with Crippen LogP contribution in [0.5, 0.6) is 0 Å². The highest BCUT2D eigenvalue weighted by Gasteiger charge is 2.31. The zero-order valence-electron chi connectivity index (χ0n) is 10.7. The Morgan fingerprint density at radius 1 is 1.30 bits per heavy atom. The van der Waals surface area contributed by atoms with Gasteiger partial charge in [-0.2, -0.15) is 13.2 Å². The van der Waals surface area contributed by atoms with E-state index in [1.165, 1.54) is 17.0 Å². The second-order valence-electron chi connectivity index (χ2n) is 4.67. The lowest BCUT2D eigenvalue weighted by molar-refractivity contribution is -0.137. The van der Waals surface area contributed by atoms with Gasteiger partial charge in [0.1, 0.15) is 0 Å². The topological polar surface area (TPSA) is 52.6 Å². The van der Waals surface area contributed by atoms with Gasteiger partial charge in [0.2, 0.25) is 0 Å². The first-order valence-electron chi connectivity index (χ1n) is 6.22. The molecule has 110 valence electrons. The van der Waals surface area contributed by atoms with Gasteiger partial charge in [0.05, 0.1) is 12.2 Å². The molecule has 0 radical (unpaired) electrons. The Morgan fingerprint density at radius 2 is 1.95 bits per heavy atom. The van der Waals surface area contributed by atoms with Crippen molar-refractivity contribution in [3.05, 3.63) is 35.4 Å². The zero-order chi connectivity index (χ0) is 14.8. The van der Waals surface area contributed by atoms with E-state index in [4.69, 9.17) is 5.11 Å². The first kappa shape index (κ1) is 14.6. The number of rotatable bonds is 3. The molecule has 1 aliphatic heterocycles. The summed E-state index contributed by atoms with van der Waals surface area (Å²) in [6, 6.07) is 4.69. The summed E-state index contributed by atoms with van der Waals surface area (Å²) in [6.45, 7) is 0.833. The van der Waals surface area contributed by atoms with Crippen molar-refractivity contribution in [2.75, 3.05) is 26.2 Å². The van der Waals surface area contributed by atoms with E-state index in [1.807, 2.05) is 0 Å². The second-order valence-corrected chi connectivity index (χ2v) is 4.67. The van der Waals surface area contributed by atoms with Gasteiger partial charge < -0.3 is 15.3 Å². The monoisotopic (exact) mass is 288 g/mol. The average molecular weight is 288 g/mol. The highest BCUT2D eigenvalue weighted by Crippen LogP contribution is 2.30. The molecule has 1 heterocycles. The SMILES string of the molecule is O=C1NCC(c2ccc(C(F)(F)F)cc2)CN1CCO. The van der Waals surface area contributed by atoms with Crippen molar-refractivity contribution in [1.82, 2.24) is 10.2 Å². The Hall–Kier alpha value is -1.76. The number of urea groups is 1. The predicted octanol–water partition coefficient (Wildman–Crippen LogP) is 1.81. The molecule has 4 nitrogen and oxygen atoms in total. The largest absolute Gasteiger partial charge is 0.416 e. The summed E-state index contributed by atoms with van der Waals surface area (Å²) in [7, 11) is 0. The molecule has 0 saturated carbocycles. The van der Waals surface area contributed by atoms with Crippen molar-refractivity contribution < 1.29 is 23.1 Å². The van der Waals surface area contributed by atoms with E-state index < -0.39 is 11.7 Å². The van der Waals surface area contributed by atoms with E-state index in [1.54, 1.807) is 0 Å². The molecule has 0 aliphatic carbocycles. The number of β-amino-alcohol motifs (C(OH)–C–C–N with tert-alkyl or cyclic N) is 1. The molecular weight excluding hydrogens is 273 g/mol. The molecule has 2 N–H and O–H groups in total. The fourth-order valence-electron chi connectivity index (χ4n) is 2.22. The Kier molecular flexibility index (Phi) is 4.17. The Balaban J connectivity index is 2.10. The van der Waals surface area contributed by atoms with Crippen LogP contribution in [-0.4, -0.2) is 42.3 Å². The van der Waals surface area contributed by atoms with Crippen LogP contribution < -0.4 is 5.32 Å². The van der Waals surface area contributed by atoms with Crippen LogP contribution in [0.1, 0.15) is 17.0 Å². The van der Waals surface area contributed by atoms with Crippen LogP contribution in [0, 0.1) is 0 Å². The fourth-order valence-corrected chi connectivity index (χ4v) is 2.22. The molecule has 1 aromatic carbocycles. The molecule has 2 rings (SSSR count). The number of aliphatic hydroxyl groups excluding tert-OH is 1. The first-order valence-corrected chi connectivity index (χ1v) is 6.22. The molecule has 7 heteroatoms. The van der Waals surface area contributed by atoms with E-state index in [9.17, 15) is 18.0 Å². The smallest absolute Gasteiger partial charge is 0.395 e. The third-order valence-electron chi connectivity index (χ3n) is 3.31. The van der Waals surface area contributed by atoms with Crippen LogP contribution in [0.2, 0.25) is 0 Å². The van der Waals surface area contributed by atoms with Crippen LogP contribution in [0.25, 0.3) is 0 Å². The molecule has 0 bridgehead atoms. The summed E-state index contributed by atoms with van der Waals surface area (Å²) in [6.07, 6.45) is -4.35. The Morgan fingerprint density at radius 3 is 2.50 bits per heavy atom. The number of benzene rings is 1. The average Bonchev–Trinajstić information content (AvgIpc) is 2.41. The lowest BCUT2D eigenvalue weighted by Crippen LogP contribution is -2.50. The van der Waals surface area contributed by atoms with Gasteiger partial charge in [-0.3, -0.25) is 0 Å². The number of nitrogens with zero attached hydrogens (tertiary/aromatic N) is 1. The van der Waals surface area contributed by atoms with Crippen LogP contribution in [0.15, 0.2) is 24.3 Å². The normalized spacial score (nSPS) is 19.9. The van der Waals surface area contributed by atoms with Crippen LogP contribution in [0.3, 0.4) is 0 Å². The number of alkyl halides is 3. The minimum atomic E-state index is -4.35. The number of halogens is 3. The molecule has 20 heavy (non-hydrogen) atoms. The second kappa shape index (κ2) is 5.70. The summed E-state index contributed by atoms with van der Waals surface area (Å²) in [5.74, 6) is -0.0819. The summed E-state index contributed by atoms with van der Waals surface area (Å²) in [5, 5.41) is 11.5. The molecule has 2 amide bonds. The minimum Gasteiger partial charge on any atom is -0.395 e. The highest BCUT2D eigenvalue weighted by atomic mass is 19.4. The number of carbonyl (C=O) groups is 1. The van der Waals surface area contributed by atoms with Gasteiger partial charge >= 0.3 is 12.2 Å². The number of nitrogens with one attached hydrogen (secondary N) is 1. The maximum atomic E-state index is 12.5. The quantitative estimate of drug-likeness (QED) is 0.891. The van der Waals surface area contributed by atoms with Crippen molar-refractivity contribution in [3.8, 4) is 0 Å². The minimum absolute atomic E-state index is 0.0819. The number of hydrogen-bond acceptors (Lipinski definition) is 2. The van der Waals surface area contributed by atoms with Crippen molar-refractivity contribution in [1.29, 1.82) is 0 Å². The number of carbonyl (C=O) groups excluding carboxylic acids is 1. The van der Waals surface area contributed by atoms with E-state index in [-0.39, 0.29) is 25.1 Å². The van der Waals surface area contributed by atoms with Crippen LogP contribution in [-0.2, 0) is 6.18 Å². The van der Waals surface area contributed by atoms with Gasteiger partial charge in [0.15, 0.2) is 0 Å². The van der Waals surface area contributed by atoms with Gasteiger partial charge in [0, 0.05) is 25.6 Å². The number of amides is 2. The summed E-state index contributed by atoms with van der Waals surface area (Å²) < 4.78 is 37.4. The van der Waals surface area contributed by atoms with Gasteiger partial charge in [0.25, 0.3) is 0 Å². The van der Waals surface area contributed by atoms with Crippen molar-refractivity contribution in [2.45, 2.75) is 12.1 Å². The summed E-state index contributed by atoms with van der Waals surface area (Å²) >= 11 is 0. The van der Waals surface area contributed by atoms with E-state index in [2.05, 4.69) is 5.32 Å². The van der Waals surface area contributed by atoms with E-state index in [0.29, 0.717) is 13.1 Å². The Labute approximate surface area is 114 Å². The summed E-state index contributed by atoms with van der Waals surface area (Å²) in [4.78, 5) is 13.0. The first-order chi connectivity index (χ1) is 9.41. The lowest BCUT2D eigenvalue weighted by Gasteiger charge is -2.33. The molecule has 1 atom stereocenters. The van der Waals surface area contributed by atoms with Gasteiger partial charge in [-0.15, -0.1) is 0 Å². The third kappa shape index (κ3) is 3.22. The van der Waals surface area contributed by atoms with Gasteiger partial charge in [-0.25, -0.2) is 4.79 Å². The lowest BCUT2D eigenvalue weighted by atomic mass is 9.96. The number of aliphatic hydroxyl groups is 1. The molecule has 0 spiro atoms. The standard InChI is InChI=1S/C13H15F3N2O2/c14-13(15,16)11-3-1-9(2-4-11)10-7-17-12(20)18(8-10)5-6-19/h1-4,10,19H,5-8H2,(H,17,20). The van der Waals surface area contributed by atoms with E-state index in [0.717, 1.165) is 17.7 Å². The van der Waals surface area contributed by atoms with Crippen molar-refractivity contribution in [2.24, 2.45) is 0 Å². The van der Waals surface area contributed by atoms with E-state index >= 15 is 0 Å². The zero-order valence-corrected chi connectivity index (χ0v) is 10.7. The maximum absolute atomic E-state index is 12.5. The third-order valence-corrected chi connectivity index (χ3v) is 3.31. The molecule has 1 unspecified atom stereocenters. The fraction of sp³-hybridized carbons (Fsp3) is 0.462. The van der Waals surface area contributed by atoms with Gasteiger partial charge in [-0.05, 0) is 17.7 Å². The Bertz CT molecular complexity index is 473. The summed E-state index contributed by atoms with van der Waals surface area (Å²) in [5.41, 5.74) is 0.0502. The number of hydrogen-bond donors (Lipinski definition) is 2. The van der Waals surface area contributed by atoms with Crippen LogP contribution >= 0.6 is 0 Å². The molecule has 1 fully saturated rings. The molecule has 0 aromatic heterocycles. The van der Waals surface area contributed by atoms with Gasteiger partial charge in [-0.1, -0.05) is 12.1 Å². The molecule has 1 saturated heterocycles. The predicted molar refractivity (Wildman–Crippen MR) is 66.2 cm³/mol. The van der Waals surface area contributed by atoms with Crippen molar-refractivity contribution in [3.63, 3.8) is 0 Å². The highest BCUT2D eigenvalue weighted by molar-refractivity contribution is 5.75. The maximum Gasteiger partial charge on any atom is 0.416 e. The van der Waals surface area contributed by atoms with Crippen LogP contribution in [0.4, 0.5) is 18.0 Å².